The van der Waals surface area contributed by atoms with E-state index in [9.17, 15) is 18.4 Å². The Morgan fingerprint density at radius 3 is 2.36 bits per heavy atom. The molecule has 0 saturated carbocycles. The lowest BCUT2D eigenvalue weighted by Crippen LogP contribution is -2.59. The molecule has 5 aromatic rings. The third kappa shape index (κ3) is 6.90. The number of carbonyl (C=O) groups excluding carboxylic acids is 2. The van der Waals surface area contributed by atoms with Crippen LogP contribution in [0.4, 0.5) is 20.2 Å². The van der Waals surface area contributed by atoms with Gasteiger partial charge in [-0.15, -0.1) is 0 Å². The fraction of sp³-hybridized carbons (Fsp3) is 0.270. The van der Waals surface area contributed by atoms with Crippen LogP contribution in [0.25, 0.3) is 33.5 Å². The summed E-state index contributed by atoms with van der Waals surface area (Å²) in [4.78, 5) is 41.5. The predicted octanol–water partition coefficient (Wildman–Crippen LogP) is 4.63. The van der Waals surface area contributed by atoms with Crippen molar-refractivity contribution in [3.63, 3.8) is 0 Å². The van der Waals surface area contributed by atoms with E-state index in [2.05, 4.69) is 64.2 Å². The first-order valence-corrected chi connectivity index (χ1v) is 16.5. The number of carbonyl (C=O) groups is 2. The van der Waals surface area contributed by atoms with E-state index >= 15 is 0 Å². The Balaban J connectivity index is 0.980. The zero-order chi connectivity index (χ0) is 34.7. The molecule has 3 N–H and O–H groups in total. The van der Waals surface area contributed by atoms with Crippen molar-refractivity contribution in [2.45, 2.75) is 12.0 Å². The van der Waals surface area contributed by atoms with E-state index < -0.39 is 24.0 Å². The van der Waals surface area contributed by atoms with E-state index in [-0.39, 0.29) is 12.4 Å². The lowest BCUT2D eigenvalue weighted by Gasteiger charge is -2.39. The van der Waals surface area contributed by atoms with Crippen LogP contribution in [-0.4, -0.2) is 99.8 Å². The molecule has 2 fully saturated rings. The molecule has 1 atom stereocenters. The average molecular weight is 678 g/mol. The number of nitrogens with one attached hydrogen (secondary N) is 3. The molecule has 11 nitrogen and oxygen atoms in total. The lowest BCUT2D eigenvalue weighted by molar-refractivity contribution is -0.130. The highest BCUT2D eigenvalue weighted by atomic mass is 19.1. The molecule has 7 rings (SSSR count). The average Bonchev–Trinajstić information content (AvgIpc) is 3.77. The molecular weight excluding hydrogens is 640 g/mol. The molecule has 2 aromatic heterocycles. The number of aromatic amines is 1. The number of halogens is 2. The van der Waals surface area contributed by atoms with Crippen LogP contribution in [0.5, 0.6) is 0 Å². The number of rotatable bonds is 10. The SMILES string of the molecule is C=C(CN1CCC(NC(=O)CF)(C(=O)Nc2ccc3[nH]nc(-c4ccc(F)cc4)c3c2)C1)N1CCN(c2ccc(-c3ncccn3)cc2)CC1. The highest BCUT2D eigenvalue weighted by Crippen LogP contribution is 2.31. The van der Waals surface area contributed by atoms with E-state index in [1.54, 1.807) is 48.8 Å². The highest BCUT2D eigenvalue weighted by molar-refractivity contribution is 6.03. The number of piperazine rings is 1. The van der Waals surface area contributed by atoms with Gasteiger partial charge >= 0.3 is 0 Å². The largest absolute Gasteiger partial charge is 0.371 e. The third-order valence-corrected chi connectivity index (χ3v) is 9.41. The van der Waals surface area contributed by atoms with Crippen LogP contribution in [0.3, 0.4) is 0 Å². The van der Waals surface area contributed by atoms with E-state index in [0.717, 1.165) is 54.0 Å². The second kappa shape index (κ2) is 14.0. The zero-order valence-corrected chi connectivity index (χ0v) is 27.4. The Morgan fingerprint density at radius 2 is 1.64 bits per heavy atom. The monoisotopic (exact) mass is 677 g/mol. The lowest BCUT2D eigenvalue weighted by atomic mass is 9.96. The van der Waals surface area contributed by atoms with Crippen molar-refractivity contribution in [2.75, 3.05) is 62.7 Å². The van der Waals surface area contributed by atoms with Crippen LogP contribution in [-0.2, 0) is 9.59 Å². The van der Waals surface area contributed by atoms with Gasteiger partial charge in [0.2, 0.25) is 0 Å². The summed E-state index contributed by atoms with van der Waals surface area (Å²) in [6, 6.07) is 21.4. The van der Waals surface area contributed by atoms with Crippen LogP contribution >= 0.6 is 0 Å². The van der Waals surface area contributed by atoms with Crippen LogP contribution in [0.15, 0.2) is 97.5 Å². The number of H-pyrrole nitrogens is 1. The molecule has 2 aliphatic heterocycles. The van der Waals surface area contributed by atoms with Crippen LogP contribution in [0.1, 0.15) is 6.42 Å². The zero-order valence-electron chi connectivity index (χ0n) is 27.4. The third-order valence-electron chi connectivity index (χ3n) is 9.41. The Morgan fingerprint density at radius 1 is 0.920 bits per heavy atom. The molecule has 3 aromatic carbocycles. The van der Waals surface area contributed by atoms with Crippen molar-refractivity contribution in [1.82, 2.24) is 35.3 Å². The van der Waals surface area contributed by atoms with E-state index in [4.69, 9.17) is 0 Å². The van der Waals surface area contributed by atoms with Gasteiger partial charge in [-0.3, -0.25) is 19.6 Å². The summed E-state index contributed by atoms with van der Waals surface area (Å²) >= 11 is 0. The number of anilines is 2. The minimum atomic E-state index is -1.33. The van der Waals surface area contributed by atoms with Gasteiger partial charge in [0.25, 0.3) is 11.8 Å². The molecule has 50 heavy (non-hydrogen) atoms. The first-order chi connectivity index (χ1) is 24.3. The molecule has 0 spiro atoms. The highest BCUT2D eigenvalue weighted by Gasteiger charge is 2.46. The number of fused-ring (bicyclic) bond motifs is 1. The van der Waals surface area contributed by atoms with Gasteiger partial charge in [-0.05, 0) is 79.2 Å². The number of hydrogen-bond acceptors (Lipinski definition) is 8. The standard InChI is InChI=1S/C37H37F2N9O2/c1-25(47-17-19-48(20-18-47)30-10-5-27(6-11-30)35-40-14-2-15-41-35)23-46-16-13-37(24-46,43-33(49)22-38)36(50)42-29-9-12-32-31(21-29)34(45-44-32)26-3-7-28(39)8-4-26/h2-12,14-15,21H,1,13,16-20,22-24H2,(H,42,50)(H,43,49)(H,44,45). The molecular formula is C37H37F2N9O2. The van der Waals surface area contributed by atoms with Gasteiger partial charge in [-0.25, -0.2) is 18.7 Å². The van der Waals surface area contributed by atoms with Gasteiger partial charge in [-0.1, -0.05) is 6.58 Å². The Bertz CT molecular complexity index is 2000. The number of aromatic nitrogens is 4. The van der Waals surface area contributed by atoms with Gasteiger partial charge in [-0.2, -0.15) is 5.10 Å². The van der Waals surface area contributed by atoms with Gasteiger partial charge < -0.3 is 20.4 Å². The summed E-state index contributed by atoms with van der Waals surface area (Å²) in [7, 11) is 0. The Kier molecular flexibility index (Phi) is 9.22. The normalized spacial score (nSPS) is 18.0. The van der Waals surface area contributed by atoms with Crippen LogP contribution < -0.4 is 15.5 Å². The first-order valence-electron chi connectivity index (χ1n) is 16.5. The number of hydrogen-bond donors (Lipinski definition) is 3. The number of nitrogens with zero attached hydrogens (tertiary/aromatic N) is 6. The number of alkyl halides is 1. The van der Waals surface area contributed by atoms with Crippen molar-refractivity contribution in [2.24, 2.45) is 0 Å². The molecule has 4 heterocycles. The maximum atomic E-state index is 13.9. The summed E-state index contributed by atoms with van der Waals surface area (Å²) in [6.07, 6.45) is 3.77. The Labute approximate surface area is 288 Å². The van der Waals surface area contributed by atoms with Crippen molar-refractivity contribution in [1.29, 1.82) is 0 Å². The predicted molar refractivity (Wildman–Crippen MR) is 188 cm³/mol. The maximum Gasteiger partial charge on any atom is 0.252 e. The summed E-state index contributed by atoms with van der Waals surface area (Å²) in [5.41, 5.74) is 4.25. The molecule has 0 bridgehead atoms. The van der Waals surface area contributed by atoms with Crippen molar-refractivity contribution < 1.29 is 18.4 Å². The van der Waals surface area contributed by atoms with Crippen molar-refractivity contribution in [3.8, 4) is 22.6 Å². The molecule has 1 unspecified atom stereocenters. The number of amides is 2. The summed E-state index contributed by atoms with van der Waals surface area (Å²) in [6.45, 7) is 7.59. The molecule has 2 saturated heterocycles. The number of likely N-dealkylation sites (tertiary alicyclic amines) is 1. The van der Waals surface area contributed by atoms with Crippen molar-refractivity contribution >= 4 is 34.1 Å². The molecule has 2 amide bonds. The van der Waals surface area contributed by atoms with Crippen molar-refractivity contribution in [3.05, 3.63) is 103 Å². The number of benzene rings is 3. The van der Waals surface area contributed by atoms with Gasteiger partial charge in [0.05, 0.1) is 11.2 Å². The summed E-state index contributed by atoms with van der Waals surface area (Å²) in [5.74, 6) is -0.931. The minimum absolute atomic E-state index is 0.204. The fourth-order valence-electron chi connectivity index (χ4n) is 6.75. The Hall–Kier alpha value is -5.69. The molecule has 0 aliphatic carbocycles. The smallest absolute Gasteiger partial charge is 0.252 e. The van der Waals surface area contributed by atoms with E-state index in [1.807, 2.05) is 12.1 Å². The quantitative estimate of drug-likeness (QED) is 0.196. The molecule has 2 aliphatic rings. The molecule has 0 radical (unpaired) electrons. The van der Waals surface area contributed by atoms with E-state index in [1.165, 1.54) is 12.1 Å². The topological polar surface area (TPSA) is 122 Å². The van der Waals surface area contributed by atoms with Gasteiger partial charge in [0.1, 0.15) is 11.4 Å². The second-order valence-corrected chi connectivity index (χ2v) is 12.7. The van der Waals surface area contributed by atoms with E-state index in [0.29, 0.717) is 42.3 Å². The minimum Gasteiger partial charge on any atom is -0.371 e. The maximum absolute atomic E-state index is 13.9. The van der Waals surface area contributed by atoms with Gasteiger partial charge in [0.15, 0.2) is 12.5 Å². The summed E-state index contributed by atoms with van der Waals surface area (Å²) < 4.78 is 27.0. The molecule has 13 heteroatoms. The van der Waals surface area contributed by atoms with Crippen LogP contribution in [0, 0.1) is 5.82 Å². The van der Waals surface area contributed by atoms with Gasteiger partial charge in [0, 0.05) is 91.8 Å². The molecule has 256 valence electrons. The fourth-order valence-corrected chi connectivity index (χ4v) is 6.75. The summed E-state index contributed by atoms with van der Waals surface area (Å²) in [5, 5.41) is 13.7. The van der Waals surface area contributed by atoms with Crippen LogP contribution in [0.2, 0.25) is 0 Å². The second-order valence-electron chi connectivity index (χ2n) is 12.7. The first kappa shape index (κ1) is 32.8.